The molecule has 0 amide bonds. The molecule has 5 rings (SSSR count). The van der Waals surface area contributed by atoms with E-state index in [0.29, 0.717) is 48.9 Å². The second kappa shape index (κ2) is 10.1. The van der Waals surface area contributed by atoms with Gasteiger partial charge in [-0.1, -0.05) is 11.6 Å². The van der Waals surface area contributed by atoms with Gasteiger partial charge in [0, 0.05) is 24.8 Å². The first-order valence-electron chi connectivity index (χ1n) is 12.5. The normalized spacial score (nSPS) is 20.8. The summed E-state index contributed by atoms with van der Waals surface area (Å²) >= 11 is 6.42. The number of nitrogens with one attached hydrogen (secondary N) is 1. The molecule has 0 unspecified atom stereocenters. The van der Waals surface area contributed by atoms with E-state index in [9.17, 15) is 9.90 Å². The monoisotopic (exact) mass is 533 g/mol. The molecule has 1 aromatic carbocycles. The number of aliphatic carboxylic acids is 1. The number of hydrogen-bond acceptors (Lipinski definition) is 5. The van der Waals surface area contributed by atoms with E-state index in [4.69, 9.17) is 21.1 Å². The van der Waals surface area contributed by atoms with E-state index in [1.54, 1.807) is 26.0 Å². The van der Waals surface area contributed by atoms with E-state index in [1.165, 1.54) is 12.1 Å². The van der Waals surface area contributed by atoms with Gasteiger partial charge in [-0.15, -0.1) is 0 Å². The Morgan fingerprint density at radius 3 is 2.41 bits per heavy atom. The van der Waals surface area contributed by atoms with Crippen molar-refractivity contribution >= 4 is 34.3 Å². The highest BCUT2D eigenvalue weighted by atomic mass is 35.5. The molecule has 7 nitrogen and oxygen atoms in total. The number of fused-ring (bicyclic) bond motifs is 1. The fourth-order valence-electron chi connectivity index (χ4n) is 5.29. The van der Waals surface area contributed by atoms with E-state index in [1.807, 2.05) is 4.90 Å². The van der Waals surface area contributed by atoms with Crippen LogP contribution in [0.3, 0.4) is 0 Å². The SMILES string of the molecule is CC(C)(C(=O)O)C1CCC(Oc2cc3nc(-c4c(F)cc(N5CCOCC5)cc4F)c(Cl)cc3[nH]2)CC1. The summed E-state index contributed by atoms with van der Waals surface area (Å²) in [5.74, 6) is -1.67. The molecule has 1 aliphatic heterocycles. The molecule has 10 heteroatoms. The molecule has 1 saturated carbocycles. The predicted octanol–water partition coefficient (Wildman–Crippen LogP) is 6.05. The number of carboxylic acid groups (broad SMARTS) is 1. The molecule has 0 bridgehead atoms. The van der Waals surface area contributed by atoms with E-state index < -0.39 is 23.0 Å². The number of halogens is 3. The Morgan fingerprint density at radius 1 is 1.14 bits per heavy atom. The first-order chi connectivity index (χ1) is 17.6. The number of carbonyl (C=O) groups is 1. The zero-order valence-electron chi connectivity index (χ0n) is 20.8. The van der Waals surface area contributed by atoms with Crippen molar-refractivity contribution in [3.05, 3.63) is 40.9 Å². The summed E-state index contributed by atoms with van der Waals surface area (Å²) in [4.78, 5) is 21.1. The van der Waals surface area contributed by atoms with Crippen LogP contribution in [0.2, 0.25) is 5.02 Å². The maximum Gasteiger partial charge on any atom is 0.309 e. The molecule has 0 atom stereocenters. The largest absolute Gasteiger partial charge is 0.481 e. The molecule has 3 aromatic rings. The van der Waals surface area contributed by atoms with Crippen LogP contribution in [0.25, 0.3) is 22.3 Å². The molecule has 1 saturated heterocycles. The highest BCUT2D eigenvalue weighted by Gasteiger charge is 2.39. The van der Waals surface area contributed by atoms with Gasteiger partial charge >= 0.3 is 5.97 Å². The molecule has 2 aliphatic rings. The van der Waals surface area contributed by atoms with Gasteiger partial charge in [0.1, 0.15) is 17.7 Å². The molecular weight excluding hydrogens is 504 g/mol. The second-order valence-electron chi connectivity index (χ2n) is 10.4. The molecular formula is C27H30ClF2N3O4. The third kappa shape index (κ3) is 5.11. The highest BCUT2D eigenvalue weighted by Crippen LogP contribution is 2.40. The number of morpholine rings is 1. The molecule has 198 valence electrons. The van der Waals surface area contributed by atoms with E-state index >= 15 is 8.78 Å². The topological polar surface area (TPSA) is 87.7 Å². The van der Waals surface area contributed by atoms with Crippen molar-refractivity contribution in [3.8, 4) is 17.1 Å². The summed E-state index contributed by atoms with van der Waals surface area (Å²) in [6.07, 6.45) is 2.94. The minimum Gasteiger partial charge on any atom is -0.481 e. The first-order valence-corrected chi connectivity index (χ1v) is 12.9. The van der Waals surface area contributed by atoms with Gasteiger partial charge in [-0.05, 0) is 63.6 Å². The summed E-state index contributed by atoms with van der Waals surface area (Å²) in [6, 6.07) is 5.90. The first kappa shape index (κ1) is 25.7. The number of anilines is 1. The van der Waals surface area contributed by atoms with Crippen molar-refractivity contribution < 1.29 is 28.2 Å². The maximum atomic E-state index is 15.1. The lowest BCUT2D eigenvalue weighted by atomic mass is 9.70. The summed E-state index contributed by atoms with van der Waals surface area (Å²) < 4.78 is 41.7. The van der Waals surface area contributed by atoms with Gasteiger partial charge in [0.15, 0.2) is 5.88 Å². The molecule has 2 fully saturated rings. The zero-order valence-corrected chi connectivity index (χ0v) is 21.6. The van der Waals surface area contributed by atoms with Crippen molar-refractivity contribution in [2.45, 2.75) is 45.6 Å². The molecule has 1 aliphatic carbocycles. The van der Waals surface area contributed by atoms with Crippen LogP contribution < -0.4 is 9.64 Å². The summed E-state index contributed by atoms with van der Waals surface area (Å²) in [5.41, 5.74) is 0.514. The lowest BCUT2D eigenvalue weighted by Gasteiger charge is -2.36. The smallest absolute Gasteiger partial charge is 0.309 e. The number of nitrogens with zero attached hydrogens (tertiary/aromatic N) is 2. The number of rotatable bonds is 6. The van der Waals surface area contributed by atoms with Crippen LogP contribution in [0.4, 0.5) is 14.5 Å². The van der Waals surface area contributed by atoms with Crippen LogP contribution in [-0.4, -0.2) is 53.5 Å². The standard InChI is InChI=1S/C27H30ClF2N3O4/c1-27(2,26(34)35)15-3-5-17(6-4-15)37-23-14-22-21(31-23)13-18(28)25(32-22)24-19(29)11-16(12-20(24)30)33-7-9-36-10-8-33/h11-15,17,31H,3-10H2,1-2H3,(H,34,35). The molecule has 0 radical (unpaired) electrons. The molecule has 3 heterocycles. The van der Waals surface area contributed by atoms with Gasteiger partial charge in [-0.2, -0.15) is 0 Å². The van der Waals surface area contributed by atoms with Crippen molar-refractivity contribution in [2.75, 3.05) is 31.2 Å². The minimum absolute atomic E-state index is 0.0275. The van der Waals surface area contributed by atoms with E-state index in [-0.39, 0.29) is 28.3 Å². The number of ether oxygens (including phenoxy) is 2. The van der Waals surface area contributed by atoms with E-state index in [0.717, 1.165) is 25.7 Å². The Bertz CT molecular complexity index is 1290. The average Bonchev–Trinajstić information content (AvgIpc) is 3.25. The zero-order chi connectivity index (χ0) is 26.3. The average molecular weight is 534 g/mol. The number of pyridine rings is 1. The summed E-state index contributed by atoms with van der Waals surface area (Å²) in [5, 5.41) is 9.62. The Morgan fingerprint density at radius 2 is 1.78 bits per heavy atom. The highest BCUT2D eigenvalue weighted by molar-refractivity contribution is 6.33. The van der Waals surface area contributed by atoms with Crippen LogP contribution in [0, 0.1) is 23.0 Å². The summed E-state index contributed by atoms with van der Waals surface area (Å²) in [6.45, 7) is 5.69. The van der Waals surface area contributed by atoms with Crippen molar-refractivity contribution in [1.29, 1.82) is 0 Å². The molecule has 0 spiro atoms. The number of benzene rings is 1. The molecule has 37 heavy (non-hydrogen) atoms. The number of carboxylic acids is 1. The molecule has 2 aromatic heterocycles. The second-order valence-corrected chi connectivity index (χ2v) is 10.8. The van der Waals surface area contributed by atoms with Gasteiger partial charge in [0.05, 0.1) is 45.9 Å². The lowest BCUT2D eigenvalue weighted by Crippen LogP contribution is -2.37. The third-order valence-electron chi connectivity index (χ3n) is 7.71. The summed E-state index contributed by atoms with van der Waals surface area (Å²) in [7, 11) is 0. The van der Waals surface area contributed by atoms with Gasteiger partial charge < -0.3 is 24.5 Å². The Labute approximate surface area is 218 Å². The van der Waals surface area contributed by atoms with Gasteiger partial charge in [-0.25, -0.2) is 13.8 Å². The van der Waals surface area contributed by atoms with Crippen LogP contribution >= 0.6 is 11.6 Å². The van der Waals surface area contributed by atoms with Crippen LogP contribution in [-0.2, 0) is 9.53 Å². The quantitative estimate of drug-likeness (QED) is 0.401. The minimum atomic E-state index is -0.783. The Balaban J connectivity index is 1.34. The number of hydrogen-bond donors (Lipinski definition) is 2. The lowest BCUT2D eigenvalue weighted by molar-refractivity contribution is -0.151. The maximum absolute atomic E-state index is 15.1. The van der Waals surface area contributed by atoms with Crippen LogP contribution in [0.1, 0.15) is 39.5 Å². The van der Waals surface area contributed by atoms with Gasteiger partial charge in [0.25, 0.3) is 0 Å². The van der Waals surface area contributed by atoms with Crippen molar-refractivity contribution in [3.63, 3.8) is 0 Å². The fraction of sp³-hybridized carbons (Fsp3) is 0.481. The van der Waals surface area contributed by atoms with Gasteiger partial charge in [-0.3, -0.25) is 4.79 Å². The number of H-pyrrole nitrogens is 1. The van der Waals surface area contributed by atoms with Crippen LogP contribution in [0.15, 0.2) is 24.3 Å². The Kier molecular flexibility index (Phi) is 7.02. The van der Waals surface area contributed by atoms with Crippen molar-refractivity contribution in [2.24, 2.45) is 11.3 Å². The van der Waals surface area contributed by atoms with Crippen molar-refractivity contribution in [1.82, 2.24) is 9.97 Å². The van der Waals surface area contributed by atoms with Gasteiger partial charge in [0.2, 0.25) is 0 Å². The fourth-order valence-corrected chi connectivity index (χ4v) is 5.54. The van der Waals surface area contributed by atoms with E-state index in [2.05, 4.69) is 9.97 Å². The number of aromatic nitrogens is 2. The third-order valence-corrected chi connectivity index (χ3v) is 8.00. The Hall–Kier alpha value is -2.91. The molecule has 2 N–H and O–H groups in total. The predicted molar refractivity (Wildman–Crippen MR) is 137 cm³/mol. The van der Waals surface area contributed by atoms with Crippen LogP contribution in [0.5, 0.6) is 5.88 Å². The number of aromatic amines is 1.